The Labute approximate surface area is 208 Å². The topological polar surface area (TPSA) is 87.1 Å². The van der Waals surface area contributed by atoms with E-state index >= 15 is 0 Å². The van der Waals surface area contributed by atoms with E-state index in [1.54, 1.807) is 12.3 Å². The fourth-order valence-electron chi connectivity index (χ4n) is 4.57. The fraction of sp³-hybridized carbons (Fsp3) is 0.609. The van der Waals surface area contributed by atoms with Crippen LogP contribution in [0.15, 0.2) is 34.0 Å². The molecule has 12 heteroatoms. The first-order valence-electron chi connectivity index (χ1n) is 11.5. The molecule has 1 saturated carbocycles. The molecule has 0 saturated heterocycles. The van der Waals surface area contributed by atoms with Gasteiger partial charge in [-0.3, -0.25) is 0 Å². The molecule has 1 aliphatic carbocycles. The van der Waals surface area contributed by atoms with Gasteiger partial charge >= 0.3 is 5.97 Å². The van der Waals surface area contributed by atoms with Crippen molar-refractivity contribution in [1.82, 2.24) is 4.31 Å². The average Bonchev–Trinajstić information content (AvgIpc) is 2.89. The largest absolute Gasteiger partial charge is 0.476 e. The van der Waals surface area contributed by atoms with Crippen LogP contribution in [0.2, 0.25) is 0 Å². The number of fused-ring (bicyclic) bond motifs is 1. The number of hydrogen-bond donors (Lipinski definition) is 1. The molecule has 1 unspecified atom stereocenters. The maximum atomic E-state index is 13.9. The molecule has 0 bridgehead atoms. The minimum absolute atomic E-state index is 0.00763. The molecule has 3 rings (SSSR count). The van der Waals surface area contributed by atoms with Gasteiger partial charge in [0.05, 0.1) is 10.6 Å². The zero-order valence-electron chi connectivity index (χ0n) is 20.0. The Bertz CT molecular complexity index is 1070. The first kappa shape index (κ1) is 27.7. The number of rotatable bonds is 8. The van der Waals surface area contributed by atoms with Crippen LogP contribution >= 0.6 is 11.8 Å². The van der Waals surface area contributed by atoms with Crippen molar-refractivity contribution >= 4 is 33.4 Å². The zero-order valence-corrected chi connectivity index (χ0v) is 21.6. The van der Waals surface area contributed by atoms with Crippen LogP contribution in [0.4, 0.5) is 18.9 Å². The molecule has 0 amide bonds. The number of aliphatic carboxylic acids is 1. The molecule has 1 N–H and O–H groups in total. The van der Waals surface area contributed by atoms with E-state index in [0.717, 1.165) is 12.8 Å². The van der Waals surface area contributed by atoms with Gasteiger partial charge in [0.25, 0.3) is 0 Å². The van der Waals surface area contributed by atoms with E-state index in [9.17, 15) is 26.4 Å². The van der Waals surface area contributed by atoms with E-state index in [1.165, 1.54) is 29.2 Å². The van der Waals surface area contributed by atoms with Gasteiger partial charge in [0.2, 0.25) is 21.8 Å². The van der Waals surface area contributed by atoms with Gasteiger partial charge in [0.1, 0.15) is 16.9 Å². The Morgan fingerprint density at radius 1 is 1.31 bits per heavy atom. The number of likely N-dealkylation sites (N-methyl/N-ethyl adjacent to an activating group) is 1. The number of anilines is 1. The summed E-state index contributed by atoms with van der Waals surface area (Å²) >= 11 is 1.22. The highest BCUT2D eigenvalue weighted by Gasteiger charge is 2.42. The van der Waals surface area contributed by atoms with Crippen LogP contribution in [-0.2, 0) is 14.8 Å². The van der Waals surface area contributed by atoms with E-state index in [-0.39, 0.29) is 48.4 Å². The van der Waals surface area contributed by atoms with Gasteiger partial charge in [0, 0.05) is 44.6 Å². The Kier molecular flexibility index (Phi) is 8.69. The lowest BCUT2D eigenvalue weighted by Crippen LogP contribution is -2.47. The fourth-order valence-corrected chi connectivity index (χ4v) is 6.67. The van der Waals surface area contributed by atoms with Crippen molar-refractivity contribution in [3.63, 3.8) is 0 Å². The number of carboxylic acids is 1. The van der Waals surface area contributed by atoms with Crippen LogP contribution < -0.4 is 9.64 Å². The number of alkyl halides is 2. The smallest absolute Gasteiger partial charge is 0.368 e. The summed E-state index contributed by atoms with van der Waals surface area (Å²) in [6, 6.07) is 2.26. The Balaban J connectivity index is 2.13. The van der Waals surface area contributed by atoms with Gasteiger partial charge < -0.3 is 14.7 Å². The summed E-state index contributed by atoms with van der Waals surface area (Å²) in [7, 11) is -2.51. The third-order valence-electron chi connectivity index (χ3n) is 6.65. The summed E-state index contributed by atoms with van der Waals surface area (Å²) in [5.74, 6) is -6.07. The third-order valence-corrected chi connectivity index (χ3v) is 9.34. The van der Waals surface area contributed by atoms with Gasteiger partial charge in [0.15, 0.2) is 0 Å². The molecule has 1 fully saturated rings. The normalized spacial score (nSPS) is 23.0. The molecule has 2 aliphatic rings. The molecule has 1 heterocycles. The van der Waals surface area contributed by atoms with Gasteiger partial charge in [-0.1, -0.05) is 19.8 Å². The molecular formula is C23H31F3N2O5S2. The van der Waals surface area contributed by atoms with Gasteiger partial charge in [-0.05, 0) is 31.6 Å². The maximum Gasteiger partial charge on any atom is 0.368 e. The summed E-state index contributed by atoms with van der Waals surface area (Å²) in [4.78, 5) is 13.1. The molecule has 1 aromatic rings. The van der Waals surface area contributed by atoms with Crippen LogP contribution in [0.1, 0.15) is 51.9 Å². The minimum Gasteiger partial charge on any atom is -0.476 e. The molecule has 196 valence electrons. The number of benzene rings is 1. The monoisotopic (exact) mass is 536 g/mol. The summed E-state index contributed by atoms with van der Waals surface area (Å²) in [6.07, 6.45) is 4.38. The number of unbranched alkanes of at least 4 members (excludes halogenated alkanes) is 1. The number of sulfonamides is 1. The Morgan fingerprint density at radius 3 is 2.54 bits per heavy atom. The second kappa shape index (κ2) is 11.0. The van der Waals surface area contributed by atoms with E-state index < -0.39 is 27.7 Å². The van der Waals surface area contributed by atoms with Crippen LogP contribution in [0.3, 0.4) is 0 Å². The predicted molar refractivity (Wildman–Crippen MR) is 128 cm³/mol. The van der Waals surface area contributed by atoms with Crippen LogP contribution in [0.5, 0.6) is 5.75 Å². The highest BCUT2D eigenvalue weighted by Crippen LogP contribution is 2.44. The lowest BCUT2D eigenvalue weighted by Gasteiger charge is -2.39. The molecule has 0 radical (unpaired) electrons. The summed E-state index contributed by atoms with van der Waals surface area (Å²) in [5, 5.41) is 8.76. The quantitative estimate of drug-likeness (QED) is 0.276. The first-order valence-corrected chi connectivity index (χ1v) is 14.2. The lowest BCUT2D eigenvalue weighted by atomic mass is 9.90. The maximum absolute atomic E-state index is 13.9. The molecule has 1 atom stereocenters. The minimum atomic E-state index is -4.01. The number of halogens is 3. The number of carbonyl (C=O) groups is 1. The molecule has 35 heavy (non-hydrogen) atoms. The highest BCUT2D eigenvalue weighted by atomic mass is 32.2. The van der Waals surface area contributed by atoms with Crippen molar-refractivity contribution in [2.75, 3.05) is 24.7 Å². The summed E-state index contributed by atoms with van der Waals surface area (Å²) in [5.41, 5.74) is 0.394. The van der Waals surface area contributed by atoms with Crippen molar-refractivity contribution in [2.45, 2.75) is 79.7 Å². The lowest BCUT2D eigenvalue weighted by molar-refractivity contribution is -0.134. The van der Waals surface area contributed by atoms with Crippen molar-refractivity contribution in [1.29, 1.82) is 0 Å². The standard InChI is InChI=1S/C23H31F3N2O5S2/c1-4-5-6-16-13-28(15-7-9-23(25,26)10-8-15)18-11-20(34-3)19(33-14-17(24)22(29)30)12-21(18)35(31,32)27(16)2/h11-12,14-16H,4-10,13H2,1-3H3,(H,29,30)/b17-14-. The number of carboxylic acid groups (broad SMARTS) is 1. The predicted octanol–water partition coefficient (Wildman–Crippen LogP) is 5.26. The number of hydrogen-bond acceptors (Lipinski definition) is 6. The second-order valence-corrected chi connectivity index (χ2v) is 11.7. The van der Waals surface area contributed by atoms with E-state index in [1.807, 2.05) is 11.8 Å². The SMILES string of the molecule is CCCCC1CN(C2CCC(F)(F)CC2)c2cc(SC)c(O/C=C(\F)C(=O)O)cc2S(=O)(=O)N1C. The van der Waals surface area contributed by atoms with E-state index in [4.69, 9.17) is 9.84 Å². The number of nitrogens with zero attached hydrogens (tertiary/aromatic N) is 2. The van der Waals surface area contributed by atoms with Crippen molar-refractivity contribution in [3.05, 3.63) is 24.2 Å². The van der Waals surface area contributed by atoms with Crippen molar-refractivity contribution < 1.29 is 36.2 Å². The van der Waals surface area contributed by atoms with Crippen LogP contribution in [-0.4, -0.2) is 61.7 Å². The average molecular weight is 537 g/mol. The number of thioether (sulfide) groups is 1. The second-order valence-electron chi connectivity index (χ2n) is 8.92. The summed E-state index contributed by atoms with van der Waals surface area (Å²) < 4.78 is 75.2. The van der Waals surface area contributed by atoms with E-state index in [2.05, 4.69) is 0 Å². The first-order chi connectivity index (χ1) is 16.4. The zero-order chi connectivity index (χ0) is 26.0. The molecule has 1 aliphatic heterocycles. The van der Waals surface area contributed by atoms with E-state index in [0.29, 0.717) is 29.8 Å². The van der Waals surface area contributed by atoms with Crippen LogP contribution in [0.25, 0.3) is 0 Å². The molecule has 7 nitrogen and oxygen atoms in total. The van der Waals surface area contributed by atoms with Crippen molar-refractivity contribution in [2.24, 2.45) is 0 Å². The van der Waals surface area contributed by atoms with Gasteiger partial charge in [-0.25, -0.2) is 22.0 Å². The Hall–Kier alpha value is -1.92. The molecular weight excluding hydrogens is 505 g/mol. The van der Waals surface area contributed by atoms with Gasteiger partial charge in [-0.2, -0.15) is 8.70 Å². The molecule has 0 spiro atoms. The van der Waals surface area contributed by atoms with Crippen LogP contribution in [0, 0.1) is 0 Å². The summed E-state index contributed by atoms with van der Waals surface area (Å²) in [6.45, 7) is 2.37. The van der Waals surface area contributed by atoms with Gasteiger partial charge in [-0.15, -0.1) is 11.8 Å². The van der Waals surface area contributed by atoms with Crippen molar-refractivity contribution in [3.8, 4) is 5.75 Å². The Morgan fingerprint density at radius 2 is 1.97 bits per heavy atom. The molecule has 1 aromatic carbocycles. The molecule has 0 aromatic heterocycles. The number of ether oxygens (including phenoxy) is 1. The highest BCUT2D eigenvalue weighted by molar-refractivity contribution is 7.98. The third kappa shape index (κ3) is 6.08.